The Balaban J connectivity index is 1.39. The molecular weight excluding hydrogens is 378 g/mol. The SMILES string of the molecule is C=Cc1c(C)ncnc1N1CCC2C(CCN2Cc2cccn2CCOC(C)=O)C1. The van der Waals surface area contributed by atoms with Gasteiger partial charge in [-0.15, -0.1) is 0 Å². The summed E-state index contributed by atoms with van der Waals surface area (Å²) in [5.74, 6) is 1.45. The molecule has 0 bridgehead atoms. The van der Waals surface area contributed by atoms with Gasteiger partial charge in [0.05, 0.1) is 12.2 Å². The van der Waals surface area contributed by atoms with Gasteiger partial charge in [-0.1, -0.05) is 12.7 Å². The topological polar surface area (TPSA) is 63.5 Å². The highest BCUT2D eigenvalue weighted by atomic mass is 16.5. The molecule has 2 aromatic rings. The van der Waals surface area contributed by atoms with Gasteiger partial charge in [-0.05, 0) is 44.4 Å². The maximum absolute atomic E-state index is 11.0. The van der Waals surface area contributed by atoms with Gasteiger partial charge in [0.25, 0.3) is 0 Å². The summed E-state index contributed by atoms with van der Waals surface area (Å²) >= 11 is 0. The molecular formula is C23H31N5O2. The van der Waals surface area contributed by atoms with Crippen LogP contribution in [0.2, 0.25) is 0 Å². The van der Waals surface area contributed by atoms with Crippen molar-refractivity contribution in [2.75, 3.05) is 31.1 Å². The molecule has 2 atom stereocenters. The number of piperidine rings is 1. The van der Waals surface area contributed by atoms with Gasteiger partial charge in [-0.2, -0.15) is 0 Å². The largest absolute Gasteiger partial charge is 0.464 e. The van der Waals surface area contributed by atoms with Crippen LogP contribution in [0, 0.1) is 12.8 Å². The number of carbonyl (C=O) groups is 1. The summed E-state index contributed by atoms with van der Waals surface area (Å²) in [6, 6.07) is 4.86. The molecule has 0 spiro atoms. The lowest BCUT2D eigenvalue weighted by Crippen LogP contribution is -2.46. The third-order valence-corrected chi connectivity index (χ3v) is 6.44. The van der Waals surface area contributed by atoms with Crippen molar-refractivity contribution in [3.8, 4) is 0 Å². The lowest BCUT2D eigenvalue weighted by atomic mass is 9.92. The maximum atomic E-state index is 11.0. The molecule has 0 radical (unpaired) electrons. The van der Waals surface area contributed by atoms with Gasteiger partial charge in [0, 0.05) is 50.1 Å². The van der Waals surface area contributed by atoms with Crippen molar-refractivity contribution in [2.45, 2.75) is 45.8 Å². The second kappa shape index (κ2) is 9.00. The zero-order valence-corrected chi connectivity index (χ0v) is 18.0. The van der Waals surface area contributed by atoms with Crippen LogP contribution in [0.5, 0.6) is 0 Å². The predicted octanol–water partition coefficient (Wildman–Crippen LogP) is 2.89. The summed E-state index contributed by atoms with van der Waals surface area (Å²) in [5.41, 5.74) is 3.32. The van der Waals surface area contributed by atoms with E-state index in [1.165, 1.54) is 19.0 Å². The normalized spacial score (nSPS) is 21.5. The molecule has 0 aromatic carbocycles. The molecule has 2 aliphatic rings. The average Bonchev–Trinajstić information content (AvgIpc) is 3.34. The predicted molar refractivity (Wildman–Crippen MR) is 117 cm³/mol. The van der Waals surface area contributed by atoms with Crippen molar-refractivity contribution in [1.29, 1.82) is 0 Å². The lowest BCUT2D eigenvalue weighted by molar-refractivity contribution is -0.141. The van der Waals surface area contributed by atoms with Crippen molar-refractivity contribution in [3.63, 3.8) is 0 Å². The molecule has 7 nitrogen and oxygen atoms in total. The van der Waals surface area contributed by atoms with E-state index in [1.807, 2.05) is 13.0 Å². The Morgan fingerprint density at radius 2 is 2.20 bits per heavy atom. The summed E-state index contributed by atoms with van der Waals surface area (Å²) in [7, 11) is 0. The number of carbonyl (C=O) groups excluding carboxylic acids is 1. The Morgan fingerprint density at radius 3 is 3.00 bits per heavy atom. The van der Waals surface area contributed by atoms with Gasteiger partial charge < -0.3 is 14.2 Å². The van der Waals surface area contributed by atoms with Crippen LogP contribution < -0.4 is 4.90 Å². The first kappa shape index (κ1) is 20.6. The summed E-state index contributed by atoms with van der Waals surface area (Å²) in [4.78, 5) is 25.0. The van der Waals surface area contributed by atoms with E-state index in [2.05, 4.69) is 49.2 Å². The van der Waals surface area contributed by atoms with E-state index >= 15 is 0 Å². The van der Waals surface area contributed by atoms with E-state index in [1.54, 1.807) is 6.33 Å². The van der Waals surface area contributed by atoms with Gasteiger partial charge in [0.15, 0.2) is 0 Å². The molecule has 2 aliphatic heterocycles. The van der Waals surface area contributed by atoms with E-state index in [0.717, 1.165) is 49.7 Å². The third-order valence-electron chi connectivity index (χ3n) is 6.44. The van der Waals surface area contributed by atoms with Crippen LogP contribution >= 0.6 is 0 Å². The number of fused-ring (bicyclic) bond motifs is 1. The average molecular weight is 410 g/mol. The van der Waals surface area contributed by atoms with Crippen LogP contribution in [0.1, 0.15) is 36.7 Å². The van der Waals surface area contributed by atoms with Gasteiger partial charge >= 0.3 is 5.97 Å². The molecule has 2 aromatic heterocycles. The second-order valence-corrected chi connectivity index (χ2v) is 8.25. The smallest absolute Gasteiger partial charge is 0.302 e. The van der Waals surface area contributed by atoms with Gasteiger partial charge in [-0.3, -0.25) is 9.69 Å². The first-order valence-corrected chi connectivity index (χ1v) is 10.8. The number of esters is 1. The Morgan fingerprint density at radius 1 is 1.33 bits per heavy atom. The number of aromatic nitrogens is 3. The van der Waals surface area contributed by atoms with Crippen LogP contribution in [0.15, 0.2) is 31.2 Å². The molecule has 0 saturated carbocycles. The molecule has 160 valence electrons. The maximum Gasteiger partial charge on any atom is 0.302 e. The Kier molecular flexibility index (Phi) is 6.18. The molecule has 0 aliphatic carbocycles. The Hall–Kier alpha value is -2.67. The summed E-state index contributed by atoms with van der Waals surface area (Å²) in [6.07, 6.45) is 7.96. The van der Waals surface area contributed by atoms with Crippen molar-refractivity contribution >= 4 is 17.9 Å². The molecule has 7 heteroatoms. The molecule has 2 fully saturated rings. The number of anilines is 1. The van der Waals surface area contributed by atoms with E-state index in [0.29, 0.717) is 25.1 Å². The minimum atomic E-state index is -0.226. The number of hydrogen-bond acceptors (Lipinski definition) is 6. The minimum Gasteiger partial charge on any atom is -0.464 e. The molecule has 4 heterocycles. The van der Waals surface area contributed by atoms with Crippen molar-refractivity contribution in [1.82, 2.24) is 19.4 Å². The number of likely N-dealkylation sites (tertiary alicyclic amines) is 1. The highest BCUT2D eigenvalue weighted by molar-refractivity contribution is 5.66. The van der Waals surface area contributed by atoms with Crippen LogP contribution in [-0.4, -0.2) is 57.7 Å². The van der Waals surface area contributed by atoms with Crippen molar-refractivity contribution in [3.05, 3.63) is 48.2 Å². The van der Waals surface area contributed by atoms with Crippen LogP contribution in [-0.2, 0) is 22.6 Å². The first-order valence-electron chi connectivity index (χ1n) is 10.8. The molecule has 2 saturated heterocycles. The minimum absolute atomic E-state index is 0.226. The van der Waals surface area contributed by atoms with Crippen LogP contribution in [0.4, 0.5) is 5.82 Å². The van der Waals surface area contributed by atoms with Gasteiger partial charge in [0.1, 0.15) is 18.8 Å². The number of ether oxygens (including phenoxy) is 1. The quantitative estimate of drug-likeness (QED) is 0.656. The number of rotatable bonds is 7. The zero-order valence-electron chi connectivity index (χ0n) is 18.0. The fourth-order valence-electron chi connectivity index (χ4n) is 4.94. The highest BCUT2D eigenvalue weighted by Gasteiger charge is 2.39. The van der Waals surface area contributed by atoms with Crippen LogP contribution in [0.3, 0.4) is 0 Å². The number of nitrogens with zero attached hydrogens (tertiary/aromatic N) is 5. The van der Waals surface area contributed by atoms with Crippen LogP contribution in [0.25, 0.3) is 6.08 Å². The molecule has 0 N–H and O–H groups in total. The molecule has 2 unspecified atom stereocenters. The van der Waals surface area contributed by atoms with E-state index in [-0.39, 0.29) is 5.97 Å². The monoisotopic (exact) mass is 409 g/mol. The Labute approximate surface area is 178 Å². The highest BCUT2D eigenvalue weighted by Crippen LogP contribution is 2.35. The third kappa shape index (κ3) is 4.26. The molecule has 0 amide bonds. The summed E-state index contributed by atoms with van der Waals surface area (Å²) in [5, 5.41) is 0. The van der Waals surface area contributed by atoms with Gasteiger partial charge in [-0.25, -0.2) is 9.97 Å². The second-order valence-electron chi connectivity index (χ2n) is 8.25. The number of hydrogen-bond donors (Lipinski definition) is 0. The Bertz CT molecular complexity index is 909. The van der Waals surface area contributed by atoms with E-state index in [9.17, 15) is 4.79 Å². The van der Waals surface area contributed by atoms with E-state index in [4.69, 9.17) is 4.74 Å². The van der Waals surface area contributed by atoms with E-state index < -0.39 is 0 Å². The fraction of sp³-hybridized carbons (Fsp3) is 0.522. The fourth-order valence-corrected chi connectivity index (χ4v) is 4.94. The standard InChI is InChI=1S/C23H31N5O2/c1-4-21-17(2)24-16-25-23(21)28-11-8-22-19(14-28)7-10-27(22)15-20-6-5-9-26(20)12-13-30-18(3)29/h4-6,9,16,19,22H,1,7-8,10-15H2,2-3H3. The molecule has 4 rings (SSSR count). The molecule has 30 heavy (non-hydrogen) atoms. The zero-order chi connectivity index (χ0) is 21.1. The summed E-state index contributed by atoms with van der Waals surface area (Å²) < 4.78 is 7.31. The first-order chi connectivity index (χ1) is 14.6. The van der Waals surface area contributed by atoms with Crippen molar-refractivity contribution < 1.29 is 9.53 Å². The van der Waals surface area contributed by atoms with Crippen molar-refractivity contribution in [2.24, 2.45) is 5.92 Å². The number of aryl methyl sites for hydroxylation is 1. The summed E-state index contributed by atoms with van der Waals surface area (Å²) in [6.45, 7) is 12.7. The van der Waals surface area contributed by atoms with Gasteiger partial charge in [0.2, 0.25) is 0 Å². The lowest BCUT2D eigenvalue weighted by Gasteiger charge is -2.39.